The zero-order chi connectivity index (χ0) is 10.7. The number of hydrogen-bond acceptors (Lipinski definition) is 2. The molecule has 0 radical (unpaired) electrons. The van der Waals surface area contributed by atoms with Crippen molar-refractivity contribution in [2.24, 2.45) is 5.92 Å². The number of rotatable bonds is 2. The fourth-order valence-corrected chi connectivity index (χ4v) is 2.05. The fourth-order valence-electron chi connectivity index (χ4n) is 2.05. The number of halogens is 1. The Labute approximate surface area is 103 Å². The highest BCUT2D eigenvalue weighted by Gasteiger charge is 2.18. The van der Waals surface area contributed by atoms with Crippen LogP contribution in [0, 0.1) is 12.8 Å². The first-order chi connectivity index (χ1) is 7.29. The molecule has 0 aliphatic carbocycles. The van der Waals surface area contributed by atoms with E-state index in [1.54, 1.807) is 0 Å². The summed E-state index contributed by atoms with van der Waals surface area (Å²) in [5, 5.41) is 0. The number of aldehydes is 1. The summed E-state index contributed by atoms with van der Waals surface area (Å²) >= 11 is 0. The van der Waals surface area contributed by atoms with Crippen LogP contribution >= 0.6 is 12.4 Å². The third kappa shape index (κ3) is 2.99. The van der Waals surface area contributed by atoms with Gasteiger partial charge in [0.25, 0.3) is 0 Å². The monoisotopic (exact) mass is 239 g/mol. The lowest BCUT2D eigenvalue weighted by molar-refractivity contribution is -0.111. The van der Waals surface area contributed by atoms with E-state index in [9.17, 15) is 4.79 Å². The molecule has 1 saturated heterocycles. The van der Waals surface area contributed by atoms with E-state index in [0.29, 0.717) is 0 Å². The van der Waals surface area contributed by atoms with E-state index in [1.807, 2.05) is 0 Å². The zero-order valence-electron chi connectivity index (χ0n) is 9.56. The lowest BCUT2D eigenvalue weighted by Gasteiger charge is -2.31. The van der Waals surface area contributed by atoms with Gasteiger partial charge in [0.15, 0.2) is 0 Å². The third-order valence-electron chi connectivity index (χ3n) is 3.13. The van der Waals surface area contributed by atoms with Crippen molar-refractivity contribution in [2.75, 3.05) is 18.0 Å². The Morgan fingerprint density at radius 2 is 1.75 bits per heavy atom. The van der Waals surface area contributed by atoms with Crippen molar-refractivity contribution in [3.63, 3.8) is 0 Å². The van der Waals surface area contributed by atoms with Crippen LogP contribution in [0.5, 0.6) is 0 Å². The molecule has 88 valence electrons. The molecule has 0 bridgehead atoms. The summed E-state index contributed by atoms with van der Waals surface area (Å²) in [5.41, 5.74) is 2.58. The molecule has 16 heavy (non-hydrogen) atoms. The van der Waals surface area contributed by atoms with Gasteiger partial charge in [-0.2, -0.15) is 0 Å². The van der Waals surface area contributed by atoms with Crippen LogP contribution in [0.3, 0.4) is 0 Å². The van der Waals surface area contributed by atoms with Crippen LogP contribution in [-0.4, -0.2) is 19.4 Å². The minimum Gasteiger partial charge on any atom is -0.371 e. The molecular weight excluding hydrogens is 222 g/mol. The van der Waals surface area contributed by atoms with E-state index in [4.69, 9.17) is 0 Å². The van der Waals surface area contributed by atoms with Gasteiger partial charge in [0, 0.05) is 24.7 Å². The van der Waals surface area contributed by atoms with Gasteiger partial charge in [-0.25, -0.2) is 0 Å². The van der Waals surface area contributed by atoms with Crippen molar-refractivity contribution in [2.45, 2.75) is 19.8 Å². The molecule has 1 aromatic carbocycles. The topological polar surface area (TPSA) is 20.3 Å². The first kappa shape index (κ1) is 13.0. The van der Waals surface area contributed by atoms with E-state index in [2.05, 4.69) is 36.1 Å². The molecule has 0 aromatic heterocycles. The Bertz CT molecular complexity index is 328. The molecule has 0 amide bonds. The molecular formula is C13H18ClNO. The molecule has 1 aliphatic heterocycles. The van der Waals surface area contributed by atoms with E-state index in [0.717, 1.165) is 32.2 Å². The molecule has 0 spiro atoms. The van der Waals surface area contributed by atoms with Crippen molar-refractivity contribution in [3.05, 3.63) is 29.8 Å². The quantitative estimate of drug-likeness (QED) is 0.740. The standard InChI is InChI=1S/C13H17NO.ClH/c1-11-2-4-13(5-3-11)14-8-6-12(10-15)7-9-14;/h2-5,10,12H,6-9H2,1H3;1H. The van der Waals surface area contributed by atoms with Crippen molar-refractivity contribution in [3.8, 4) is 0 Å². The smallest absolute Gasteiger partial charge is 0.123 e. The Balaban J connectivity index is 0.00000128. The van der Waals surface area contributed by atoms with Crippen LogP contribution in [0.1, 0.15) is 18.4 Å². The van der Waals surface area contributed by atoms with Gasteiger partial charge in [0.2, 0.25) is 0 Å². The highest BCUT2D eigenvalue weighted by Crippen LogP contribution is 2.22. The third-order valence-corrected chi connectivity index (χ3v) is 3.13. The number of anilines is 1. The highest BCUT2D eigenvalue weighted by molar-refractivity contribution is 5.85. The number of piperidine rings is 1. The summed E-state index contributed by atoms with van der Waals surface area (Å²) in [4.78, 5) is 13.0. The predicted molar refractivity (Wildman–Crippen MR) is 69.4 cm³/mol. The van der Waals surface area contributed by atoms with Crippen LogP contribution < -0.4 is 4.90 Å². The van der Waals surface area contributed by atoms with Gasteiger partial charge in [-0.1, -0.05) is 17.7 Å². The van der Waals surface area contributed by atoms with E-state index >= 15 is 0 Å². The number of benzene rings is 1. The molecule has 0 unspecified atom stereocenters. The number of carbonyl (C=O) groups is 1. The second-order valence-corrected chi connectivity index (χ2v) is 4.30. The van der Waals surface area contributed by atoms with Crippen molar-refractivity contribution >= 4 is 24.4 Å². The maximum Gasteiger partial charge on any atom is 0.123 e. The van der Waals surface area contributed by atoms with Crippen molar-refractivity contribution in [1.82, 2.24) is 0 Å². The van der Waals surface area contributed by atoms with Gasteiger partial charge in [0.05, 0.1) is 0 Å². The van der Waals surface area contributed by atoms with E-state index < -0.39 is 0 Å². The average molecular weight is 240 g/mol. The fraction of sp³-hybridized carbons (Fsp3) is 0.462. The molecule has 0 saturated carbocycles. The molecule has 1 fully saturated rings. The molecule has 0 atom stereocenters. The predicted octanol–water partition coefficient (Wildman–Crippen LogP) is 2.83. The number of nitrogens with zero attached hydrogens (tertiary/aromatic N) is 1. The summed E-state index contributed by atoms with van der Waals surface area (Å²) in [5.74, 6) is 0.284. The molecule has 2 nitrogen and oxygen atoms in total. The first-order valence-electron chi connectivity index (χ1n) is 5.56. The van der Waals surface area contributed by atoms with Crippen LogP contribution in [0.2, 0.25) is 0 Å². The molecule has 2 rings (SSSR count). The summed E-state index contributed by atoms with van der Waals surface area (Å²) in [6.45, 7) is 4.11. The number of aryl methyl sites for hydroxylation is 1. The van der Waals surface area contributed by atoms with Gasteiger partial charge in [-0.3, -0.25) is 0 Å². The number of hydrogen-bond donors (Lipinski definition) is 0. The van der Waals surface area contributed by atoms with Gasteiger partial charge in [-0.05, 0) is 31.9 Å². The minimum absolute atomic E-state index is 0. The largest absolute Gasteiger partial charge is 0.371 e. The highest BCUT2D eigenvalue weighted by atomic mass is 35.5. The van der Waals surface area contributed by atoms with E-state index in [1.165, 1.54) is 11.3 Å². The molecule has 1 aliphatic rings. The summed E-state index contributed by atoms with van der Waals surface area (Å²) in [6, 6.07) is 8.61. The number of carbonyl (C=O) groups excluding carboxylic acids is 1. The van der Waals surface area contributed by atoms with Crippen LogP contribution in [0.25, 0.3) is 0 Å². The Kier molecular flexibility index (Phi) is 4.81. The molecule has 1 aromatic rings. The second kappa shape index (κ2) is 5.90. The molecule has 0 N–H and O–H groups in total. The lowest BCUT2D eigenvalue weighted by atomic mass is 9.98. The van der Waals surface area contributed by atoms with Gasteiger partial charge >= 0.3 is 0 Å². The van der Waals surface area contributed by atoms with Crippen LogP contribution in [0.15, 0.2) is 24.3 Å². The van der Waals surface area contributed by atoms with Gasteiger partial charge in [0.1, 0.15) is 6.29 Å². The van der Waals surface area contributed by atoms with Crippen molar-refractivity contribution < 1.29 is 4.79 Å². The van der Waals surface area contributed by atoms with Crippen LogP contribution in [-0.2, 0) is 4.79 Å². The first-order valence-corrected chi connectivity index (χ1v) is 5.56. The Morgan fingerprint density at radius 1 is 1.19 bits per heavy atom. The van der Waals surface area contributed by atoms with Gasteiger partial charge < -0.3 is 9.69 Å². The average Bonchev–Trinajstić information content (AvgIpc) is 2.30. The lowest BCUT2D eigenvalue weighted by Crippen LogP contribution is -2.33. The summed E-state index contributed by atoms with van der Waals surface area (Å²) in [6.07, 6.45) is 3.10. The Morgan fingerprint density at radius 3 is 2.25 bits per heavy atom. The normalized spacial score (nSPS) is 16.7. The maximum atomic E-state index is 10.6. The minimum atomic E-state index is 0. The van der Waals surface area contributed by atoms with Crippen molar-refractivity contribution in [1.29, 1.82) is 0 Å². The van der Waals surface area contributed by atoms with Gasteiger partial charge in [-0.15, -0.1) is 12.4 Å². The SMILES string of the molecule is Cc1ccc(N2CCC(C=O)CC2)cc1.Cl. The summed E-state index contributed by atoms with van der Waals surface area (Å²) < 4.78 is 0. The molecule has 3 heteroatoms. The van der Waals surface area contributed by atoms with E-state index in [-0.39, 0.29) is 18.3 Å². The summed E-state index contributed by atoms with van der Waals surface area (Å²) in [7, 11) is 0. The van der Waals surface area contributed by atoms with Crippen LogP contribution in [0.4, 0.5) is 5.69 Å². The maximum absolute atomic E-state index is 10.6. The zero-order valence-corrected chi connectivity index (χ0v) is 10.4. The Hall–Kier alpha value is -1.02. The molecule has 1 heterocycles. The second-order valence-electron chi connectivity index (χ2n) is 4.30.